The minimum absolute atomic E-state index is 0.0954. The molecule has 0 radical (unpaired) electrons. The molecule has 25 rings (SSSR count). The summed E-state index contributed by atoms with van der Waals surface area (Å²) in [6.45, 7) is 9.45. The Kier molecular flexibility index (Phi) is 13.4. The molecule has 0 saturated carbocycles. The molecule has 0 aliphatic heterocycles. The maximum absolute atomic E-state index is 5.60. The van der Waals surface area contributed by atoms with Gasteiger partial charge < -0.3 is 18.3 Å². The average molecular weight is 1480 g/mol. The number of hydrogen-bond donors (Lipinski definition) is 0. The fourth-order valence-electron chi connectivity index (χ4n) is 20.8. The second-order valence-electron chi connectivity index (χ2n) is 33.1. The van der Waals surface area contributed by atoms with Gasteiger partial charge in [-0.1, -0.05) is 258 Å². The molecule has 0 atom stereocenters. The van der Waals surface area contributed by atoms with E-state index in [1.165, 1.54) is 171 Å². The van der Waals surface area contributed by atoms with Crippen LogP contribution in [0.25, 0.3) is 221 Å². The highest BCUT2D eigenvalue weighted by molar-refractivity contribution is 6.21. The quantitative estimate of drug-likeness (QED) is 0.145. The Hall–Kier alpha value is -14.7. The van der Waals surface area contributed by atoms with Gasteiger partial charge in [0, 0.05) is 98.9 Å². The lowest BCUT2D eigenvalue weighted by Gasteiger charge is -2.22. The number of para-hydroxylation sites is 4. The minimum Gasteiger partial charge on any atom is -0.309 e. The van der Waals surface area contributed by atoms with Gasteiger partial charge in [-0.05, 0) is 228 Å². The lowest BCUT2D eigenvalue weighted by molar-refractivity contribution is 0.660. The molecule has 22 aromatic rings. The number of aromatic nitrogens is 6. The van der Waals surface area contributed by atoms with Crippen LogP contribution in [0.1, 0.15) is 49.9 Å². The zero-order valence-corrected chi connectivity index (χ0v) is 64.3. The van der Waals surface area contributed by atoms with Gasteiger partial charge in [-0.15, -0.1) is 0 Å². The average Bonchev–Trinajstić information content (AvgIpc) is 1.56. The van der Waals surface area contributed by atoms with E-state index in [9.17, 15) is 0 Å². The van der Waals surface area contributed by atoms with Gasteiger partial charge in [0.15, 0.2) is 5.82 Å². The highest BCUT2D eigenvalue weighted by atomic mass is 15.0. The van der Waals surface area contributed by atoms with E-state index in [0.29, 0.717) is 5.82 Å². The highest BCUT2D eigenvalue weighted by Crippen LogP contribution is 2.55. The Morgan fingerprint density at radius 2 is 0.526 bits per heavy atom. The lowest BCUT2D eigenvalue weighted by atomic mass is 9.82. The van der Waals surface area contributed by atoms with E-state index < -0.39 is 0 Å². The highest BCUT2D eigenvalue weighted by Gasteiger charge is 2.38. The summed E-state index contributed by atoms with van der Waals surface area (Å²) in [6.07, 6.45) is 0. The molecule has 3 aliphatic rings. The molecule has 6 heteroatoms. The third kappa shape index (κ3) is 9.12. The topological polar surface area (TPSA) is 45.5 Å². The monoisotopic (exact) mass is 1480 g/mol. The minimum atomic E-state index is -0.0980. The predicted molar refractivity (Wildman–Crippen MR) is 484 cm³/mol. The third-order valence-corrected chi connectivity index (χ3v) is 26.3. The molecule has 5 aromatic heterocycles. The van der Waals surface area contributed by atoms with Gasteiger partial charge in [0.25, 0.3) is 0 Å². The SMILES string of the molecule is CC1(C)c2ccccc2-c2ccc(-n3c4ccccc4c4cc(-c5ccc6c(c5)c5ccccc5n6-c5ccc(-c6nc(-c7ccccc7)c7c(n6)-c6cccc8c(-c9ccc(-n%10c%11ccccc%11c%11cc(-c%12ccc%13c(c%12)c%12ccccc%12n%13-c%12ccc%13c(c%12)C(C)(C)c%12ccccc%12-%13)ccc%11%10)cc9)ccc-7c68)cc5)ccc43)cc21. The standard InChI is InChI=1S/C110H72N6/c1-109(2)92-31-14-8-23-77(92)79-51-49-74(63-94(79)109)115-98-35-18-12-27-83(98)90-61-70(43-57-102(90)115)68-41-55-100-88(59-68)81-25-10-16-33-96(81)113(100)72-45-37-65(38-46-72)76-53-54-86-104-85(76)29-20-30-87(104)107-105(86)106(66-21-6-5-7-22-66)111-108(112-107)67-39-47-73(48-40-67)114-97-34-17-11-26-82(97)89-60-69(42-56-101(89)114)71-44-58-103-91(62-71)84-28-13-19-36-99(84)116(103)75-50-52-80-78-24-9-15-32-93(78)110(3,4)95(80)64-75/h5-64H,1-4H3. The van der Waals surface area contributed by atoms with Crippen molar-refractivity contribution in [2.45, 2.75) is 38.5 Å². The van der Waals surface area contributed by atoms with Crippen molar-refractivity contribution in [3.63, 3.8) is 0 Å². The van der Waals surface area contributed by atoms with Gasteiger partial charge in [-0.25, -0.2) is 9.97 Å². The molecule has 0 spiro atoms. The molecule has 0 unspecified atom stereocenters. The van der Waals surface area contributed by atoms with Crippen LogP contribution in [-0.4, -0.2) is 28.2 Å². The van der Waals surface area contributed by atoms with Crippen LogP contribution in [0.3, 0.4) is 0 Å². The van der Waals surface area contributed by atoms with E-state index in [0.717, 1.165) is 67.2 Å². The molecule has 0 amide bonds. The predicted octanol–water partition coefficient (Wildman–Crippen LogP) is 28.6. The molecular formula is C110H72N6. The number of benzene rings is 17. The van der Waals surface area contributed by atoms with Crippen molar-refractivity contribution in [3.05, 3.63) is 386 Å². The van der Waals surface area contributed by atoms with Gasteiger partial charge in [0.1, 0.15) is 0 Å². The van der Waals surface area contributed by atoms with Crippen LogP contribution in [-0.2, 0) is 10.8 Å². The normalized spacial score (nSPS) is 13.5. The molecule has 0 fully saturated rings. The van der Waals surface area contributed by atoms with Crippen LogP contribution < -0.4 is 0 Å². The first-order valence-corrected chi connectivity index (χ1v) is 40.4. The summed E-state index contributed by atoms with van der Waals surface area (Å²) in [5.41, 5.74) is 39.0. The van der Waals surface area contributed by atoms with Gasteiger partial charge in [0.2, 0.25) is 0 Å². The largest absolute Gasteiger partial charge is 0.309 e. The lowest BCUT2D eigenvalue weighted by Crippen LogP contribution is -2.15. The number of nitrogens with zero attached hydrogens (tertiary/aromatic N) is 6. The number of rotatable bonds is 9. The molecule has 0 bridgehead atoms. The van der Waals surface area contributed by atoms with Crippen molar-refractivity contribution in [1.82, 2.24) is 28.2 Å². The zero-order valence-electron chi connectivity index (χ0n) is 64.3. The Bertz CT molecular complexity index is 8050. The third-order valence-electron chi connectivity index (χ3n) is 26.3. The van der Waals surface area contributed by atoms with Gasteiger partial charge in [0.05, 0.1) is 55.5 Å². The smallest absolute Gasteiger partial charge is 0.160 e. The first-order chi connectivity index (χ1) is 57.0. The first kappa shape index (κ1) is 64.9. The van der Waals surface area contributed by atoms with Gasteiger partial charge >= 0.3 is 0 Å². The first-order valence-electron chi connectivity index (χ1n) is 40.4. The van der Waals surface area contributed by atoms with Crippen LogP contribution in [0.2, 0.25) is 0 Å². The van der Waals surface area contributed by atoms with E-state index in [1.807, 2.05) is 0 Å². The van der Waals surface area contributed by atoms with Crippen molar-refractivity contribution < 1.29 is 0 Å². The van der Waals surface area contributed by atoms with Crippen molar-refractivity contribution in [2.24, 2.45) is 0 Å². The van der Waals surface area contributed by atoms with E-state index >= 15 is 0 Å². The fourth-order valence-corrected chi connectivity index (χ4v) is 20.8. The van der Waals surface area contributed by atoms with Gasteiger partial charge in [-0.2, -0.15) is 0 Å². The molecule has 542 valence electrons. The summed E-state index contributed by atoms with van der Waals surface area (Å²) in [7, 11) is 0. The summed E-state index contributed by atoms with van der Waals surface area (Å²) in [5, 5.41) is 12.2. The van der Waals surface area contributed by atoms with Crippen molar-refractivity contribution in [3.8, 4) is 123 Å². The Morgan fingerprint density at radius 3 is 0.983 bits per heavy atom. The summed E-state index contributed by atoms with van der Waals surface area (Å²) in [4.78, 5) is 11.2. The summed E-state index contributed by atoms with van der Waals surface area (Å²) >= 11 is 0. The molecular weight excluding hydrogens is 1410 g/mol. The second kappa shape index (κ2) is 23.9. The van der Waals surface area contributed by atoms with E-state index in [-0.39, 0.29) is 10.8 Å². The van der Waals surface area contributed by atoms with Crippen LogP contribution in [0, 0.1) is 0 Å². The second-order valence-corrected chi connectivity index (χ2v) is 33.1. The van der Waals surface area contributed by atoms with E-state index in [2.05, 4.69) is 410 Å². The Balaban J connectivity index is 0.532. The fraction of sp³-hybridized carbons (Fsp3) is 0.0545. The Morgan fingerprint density at radius 1 is 0.198 bits per heavy atom. The zero-order chi connectivity index (χ0) is 76.6. The Labute approximate surface area is 670 Å². The van der Waals surface area contributed by atoms with Crippen molar-refractivity contribution >= 4 is 98.0 Å². The van der Waals surface area contributed by atoms with Crippen LogP contribution in [0.5, 0.6) is 0 Å². The molecule has 5 heterocycles. The molecule has 3 aliphatic carbocycles. The van der Waals surface area contributed by atoms with Crippen molar-refractivity contribution in [2.75, 3.05) is 0 Å². The van der Waals surface area contributed by atoms with Crippen LogP contribution >= 0.6 is 0 Å². The van der Waals surface area contributed by atoms with Crippen LogP contribution in [0.4, 0.5) is 0 Å². The van der Waals surface area contributed by atoms with E-state index in [1.54, 1.807) is 0 Å². The summed E-state index contributed by atoms with van der Waals surface area (Å²) in [5.74, 6) is 0.689. The number of hydrogen-bond acceptors (Lipinski definition) is 2. The molecule has 6 nitrogen and oxygen atoms in total. The summed E-state index contributed by atoms with van der Waals surface area (Å²) < 4.78 is 9.76. The molecule has 0 saturated heterocycles. The maximum Gasteiger partial charge on any atom is 0.160 e. The van der Waals surface area contributed by atoms with Crippen LogP contribution in [0.15, 0.2) is 364 Å². The van der Waals surface area contributed by atoms with E-state index in [4.69, 9.17) is 9.97 Å². The van der Waals surface area contributed by atoms with Gasteiger partial charge in [-0.3, -0.25) is 0 Å². The molecule has 116 heavy (non-hydrogen) atoms. The number of fused-ring (bicyclic) bond motifs is 21. The molecule has 17 aromatic carbocycles. The summed E-state index contributed by atoms with van der Waals surface area (Å²) in [6, 6.07) is 136. The molecule has 0 N–H and O–H groups in total. The van der Waals surface area contributed by atoms with Crippen molar-refractivity contribution in [1.29, 1.82) is 0 Å². The maximum atomic E-state index is 5.60.